The predicted molar refractivity (Wildman–Crippen MR) is 116 cm³/mol. The van der Waals surface area contributed by atoms with E-state index < -0.39 is 0 Å². The van der Waals surface area contributed by atoms with Crippen LogP contribution in [0.5, 0.6) is 0 Å². The SMILES string of the molecule is Cc1ccc(-n2nc(-c3ccccc3)cc2-n2c(=S)[nH]c3ccccc32)cc1. The third-order valence-electron chi connectivity index (χ3n) is 4.86. The number of nitrogens with one attached hydrogen (secondary N) is 1. The molecule has 0 aliphatic rings. The van der Waals surface area contributed by atoms with E-state index in [2.05, 4.69) is 60.4 Å². The van der Waals surface area contributed by atoms with Gasteiger partial charge in [0, 0.05) is 11.6 Å². The van der Waals surface area contributed by atoms with Crippen LogP contribution in [0.1, 0.15) is 5.56 Å². The van der Waals surface area contributed by atoms with Crippen LogP contribution >= 0.6 is 12.2 Å². The number of benzene rings is 3. The molecule has 5 heteroatoms. The van der Waals surface area contributed by atoms with Gasteiger partial charge in [-0.3, -0.25) is 4.57 Å². The molecule has 0 bridgehead atoms. The number of nitrogens with zero attached hydrogens (tertiary/aromatic N) is 3. The molecule has 1 N–H and O–H groups in total. The summed E-state index contributed by atoms with van der Waals surface area (Å²) in [5, 5.41) is 4.92. The number of aromatic nitrogens is 4. The van der Waals surface area contributed by atoms with Crippen LogP contribution in [-0.2, 0) is 0 Å². The molecule has 3 aromatic carbocycles. The van der Waals surface area contributed by atoms with Crippen LogP contribution in [0.25, 0.3) is 33.8 Å². The number of para-hydroxylation sites is 2. The number of imidazole rings is 1. The lowest BCUT2D eigenvalue weighted by Gasteiger charge is -2.09. The number of hydrogen-bond acceptors (Lipinski definition) is 2. The van der Waals surface area contributed by atoms with Crippen LogP contribution in [0.2, 0.25) is 0 Å². The second kappa shape index (κ2) is 6.62. The first-order chi connectivity index (χ1) is 13.7. The van der Waals surface area contributed by atoms with E-state index in [1.807, 2.05) is 45.6 Å². The van der Waals surface area contributed by atoms with Gasteiger partial charge in [0.1, 0.15) is 5.82 Å². The number of rotatable bonds is 3. The highest BCUT2D eigenvalue weighted by Gasteiger charge is 2.16. The van der Waals surface area contributed by atoms with Crippen LogP contribution in [0.3, 0.4) is 0 Å². The van der Waals surface area contributed by atoms with Crippen LogP contribution in [-0.4, -0.2) is 19.3 Å². The fraction of sp³-hybridized carbons (Fsp3) is 0.0435. The number of H-pyrrole nitrogens is 1. The lowest BCUT2D eigenvalue weighted by atomic mass is 10.1. The third kappa shape index (κ3) is 2.77. The molecule has 0 saturated carbocycles. The summed E-state index contributed by atoms with van der Waals surface area (Å²) in [6.07, 6.45) is 0. The lowest BCUT2D eigenvalue weighted by molar-refractivity contribution is 0.827. The molecule has 0 amide bonds. The molecule has 0 atom stereocenters. The molecule has 136 valence electrons. The van der Waals surface area contributed by atoms with Crippen molar-refractivity contribution in [1.82, 2.24) is 19.3 Å². The van der Waals surface area contributed by atoms with Crippen LogP contribution < -0.4 is 0 Å². The molecule has 0 fully saturated rings. The van der Waals surface area contributed by atoms with Crippen molar-refractivity contribution in [1.29, 1.82) is 0 Å². The van der Waals surface area contributed by atoms with Crippen molar-refractivity contribution in [3.8, 4) is 22.8 Å². The van der Waals surface area contributed by atoms with Gasteiger partial charge in [0.25, 0.3) is 0 Å². The first-order valence-electron chi connectivity index (χ1n) is 9.13. The van der Waals surface area contributed by atoms with Gasteiger partial charge < -0.3 is 4.98 Å². The number of aryl methyl sites for hydroxylation is 1. The van der Waals surface area contributed by atoms with Crippen molar-refractivity contribution in [2.75, 3.05) is 0 Å². The first-order valence-corrected chi connectivity index (χ1v) is 9.54. The maximum Gasteiger partial charge on any atom is 0.183 e. The minimum Gasteiger partial charge on any atom is -0.330 e. The Labute approximate surface area is 167 Å². The minimum absolute atomic E-state index is 0.647. The molecule has 5 rings (SSSR count). The second-order valence-corrected chi connectivity index (χ2v) is 7.17. The Morgan fingerprint density at radius 1 is 0.857 bits per heavy atom. The standard InChI is InChI=1S/C23H18N4S/c1-16-11-13-18(14-12-16)27-22(15-20(25-27)17-7-3-2-4-8-17)26-21-10-6-5-9-19(21)24-23(26)28/h2-15H,1H3,(H,24,28). The summed E-state index contributed by atoms with van der Waals surface area (Å²) in [4.78, 5) is 3.30. The summed E-state index contributed by atoms with van der Waals surface area (Å²) in [7, 11) is 0. The Balaban J connectivity index is 1.80. The van der Waals surface area contributed by atoms with Gasteiger partial charge in [0.05, 0.1) is 22.4 Å². The fourth-order valence-corrected chi connectivity index (χ4v) is 3.74. The maximum absolute atomic E-state index is 5.66. The van der Waals surface area contributed by atoms with Gasteiger partial charge in [-0.25, -0.2) is 4.68 Å². The van der Waals surface area contributed by atoms with Crippen molar-refractivity contribution in [2.45, 2.75) is 6.92 Å². The van der Waals surface area contributed by atoms with E-state index in [0.29, 0.717) is 4.77 Å². The third-order valence-corrected chi connectivity index (χ3v) is 5.14. The van der Waals surface area contributed by atoms with Crippen molar-refractivity contribution < 1.29 is 0 Å². The van der Waals surface area contributed by atoms with E-state index in [1.165, 1.54) is 5.56 Å². The predicted octanol–water partition coefficient (Wildman–Crippen LogP) is 5.85. The highest BCUT2D eigenvalue weighted by atomic mass is 32.1. The molecule has 0 spiro atoms. The summed E-state index contributed by atoms with van der Waals surface area (Å²) in [5.41, 5.74) is 6.22. The molecule has 2 heterocycles. The van der Waals surface area contributed by atoms with Crippen LogP contribution in [0.15, 0.2) is 84.9 Å². The topological polar surface area (TPSA) is 38.5 Å². The fourth-order valence-electron chi connectivity index (χ4n) is 3.44. The largest absolute Gasteiger partial charge is 0.330 e. The summed E-state index contributed by atoms with van der Waals surface area (Å²) < 4.78 is 4.65. The molecule has 4 nitrogen and oxygen atoms in total. The van der Waals surface area contributed by atoms with E-state index in [4.69, 9.17) is 17.3 Å². The molecular weight excluding hydrogens is 364 g/mol. The number of hydrogen-bond donors (Lipinski definition) is 1. The van der Waals surface area contributed by atoms with E-state index >= 15 is 0 Å². The van der Waals surface area contributed by atoms with E-state index in [9.17, 15) is 0 Å². The normalized spacial score (nSPS) is 11.2. The number of fused-ring (bicyclic) bond motifs is 1. The maximum atomic E-state index is 5.66. The van der Waals surface area contributed by atoms with Crippen LogP contribution in [0.4, 0.5) is 0 Å². The Morgan fingerprint density at radius 2 is 1.57 bits per heavy atom. The van der Waals surface area contributed by atoms with E-state index in [1.54, 1.807) is 0 Å². The zero-order chi connectivity index (χ0) is 19.1. The molecule has 0 aliphatic heterocycles. The van der Waals surface area contributed by atoms with Crippen molar-refractivity contribution >= 4 is 23.3 Å². The summed E-state index contributed by atoms with van der Waals surface area (Å²) in [6.45, 7) is 2.08. The lowest BCUT2D eigenvalue weighted by Crippen LogP contribution is -2.05. The second-order valence-electron chi connectivity index (χ2n) is 6.78. The van der Waals surface area contributed by atoms with Gasteiger partial charge in [0.15, 0.2) is 4.77 Å². The quantitative estimate of drug-likeness (QED) is 0.398. The molecule has 0 aliphatic carbocycles. The molecular formula is C23H18N4S. The minimum atomic E-state index is 0.647. The Hall–Kier alpha value is -3.44. The van der Waals surface area contributed by atoms with Crippen molar-refractivity contribution in [2.24, 2.45) is 0 Å². The summed E-state index contributed by atoms with van der Waals surface area (Å²) >= 11 is 5.66. The monoisotopic (exact) mass is 382 g/mol. The Bertz CT molecular complexity index is 1320. The van der Waals surface area contributed by atoms with Crippen LogP contribution in [0, 0.1) is 11.7 Å². The molecule has 0 unspecified atom stereocenters. The van der Waals surface area contributed by atoms with Gasteiger partial charge in [-0.15, -0.1) is 0 Å². The summed E-state index contributed by atoms with van der Waals surface area (Å²) in [5.74, 6) is 0.908. The molecule has 28 heavy (non-hydrogen) atoms. The molecule has 5 aromatic rings. The Kier molecular flexibility index (Phi) is 3.95. The van der Waals surface area contributed by atoms with Crippen molar-refractivity contribution in [3.63, 3.8) is 0 Å². The first kappa shape index (κ1) is 16.7. The number of aromatic amines is 1. The van der Waals surface area contributed by atoms with E-state index in [0.717, 1.165) is 33.8 Å². The average Bonchev–Trinajstić information content (AvgIpc) is 3.29. The molecule has 0 radical (unpaired) electrons. The Morgan fingerprint density at radius 3 is 2.36 bits per heavy atom. The van der Waals surface area contributed by atoms with E-state index in [-0.39, 0.29) is 0 Å². The van der Waals surface area contributed by atoms with Gasteiger partial charge in [-0.1, -0.05) is 60.2 Å². The zero-order valence-corrected chi connectivity index (χ0v) is 16.1. The van der Waals surface area contributed by atoms with Gasteiger partial charge >= 0.3 is 0 Å². The van der Waals surface area contributed by atoms with Gasteiger partial charge in [-0.2, -0.15) is 5.10 Å². The molecule has 0 saturated heterocycles. The summed E-state index contributed by atoms with van der Waals surface area (Å²) in [6, 6.07) is 28.8. The van der Waals surface area contributed by atoms with Gasteiger partial charge in [0.2, 0.25) is 0 Å². The smallest absolute Gasteiger partial charge is 0.183 e. The molecule has 2 aromatic heterocycles. The highest BCUT2D eigenvalue weighted by Crippen LogP contribution is 2.27. The highest BCUT2D eigenvalue weighted by molar-refractivity contribution is 7.71. The van der Waals surface area contributed by atoms with Crippen molar-refractivity contribution in [3.05, 3.63) is 95.3 Å². The average molecular weight is 382 g/mol. The van der Waals surface area contributed by atoms with Gasteiger partial charge in [-0.05, 0) is 43.4 Å². The zero-order valence-electron chi connectivity index (χ0n) is 15.3.